The lowest BCUT2D eigenvalue weighted by Crippen LogP contribution is -2.45. The van der Waals surface area contributed by atoms with E-state index in [4.69, 9.17) is 5.73 Å². The summed E-state index contributed by atoms with van der Waals surface area (Å²) in [6, 6.07) is -0.225. The van der Waals surface area contributed by atoms with Gasteiger partial charge >= 0.3 is 6.18 Å². The van der Waals surface area contributed by atoms with E-state index in [-0.39, 0.29) is 24.4 Å². The van der Waals surface area contributed by atoms with E-state index in [0.29, 0.717) is 12.3 Å². The van der Waals surface area contributed by atoms with Gasteiger partial charge in [-0.05, 0) is 25.2 Å². The summed E-state index contributed by atoms with van der Waals surface area (Å²) in [5.41, 5.74) is 5.82. The van der Waals surface area contributed by atoms with Crippen LogP contribution in [0.4, 0.5) is 13.2 Å². The average Bonchev–Trinajstić information content (AvgIpc) is 2.19. The summed E-state index contributed by atoms with van der Waals surface area (Å²) in [5, 5.41) is 2.32. The number of hydrogen-bond acceptors (Lipinski definition) is 2. The number of alkyl halides is 3. The Morgan fingerprint density at radius 2 is 2.06 bits per heavy atom. The number of carbonyl (C=O) groups excluding carboxylic acids is 1. The lowest BCUT2D eigenvalue weighted by molar-refractivity contribution is -0.137. The van der Waals surface area contributed by atoms with Crippen molar-refractivity contribution in [3.8, 4) is 0 Å². The summed E-state index contributed by atoms with van der Waals surface area (Å²) in [7, 11) is 0. The van der Waals surface area contributed by atoms with E-state index in [1.807, 2.05) is 6.92 Å². The molecule has 3 nitrogen and oxygen atoms in total. The van der Waals surface area contributed by atoms with Crippen molar-refractivity contribution in [1.29, 1.82) is 0 Å². The van der Waals surface area contributed by atoms with Crippen LogP contribution in [0.5, 0.6) is 0 Å². The van der Waals surface area contributed by atoms with Gasteiger partial charge in [0.25, 0.3) is 0 Å². The summed E-state index contributed by atoms with van der Waals surface area (Å²) >= 11 is 0. The number of nitrogens with two attached hydrogens (primary N) is 1. The first kappa shape index (κ1) is 14.3. The second-order valence-electron chi connectivity index (χ2n) is 4.84. The van der Waals surface area contributed by atoms with Gasteiger partial charge in [0.2, 0.25) is 5.91 Å². The Balaban J connectivity index is 2.36. The summed E-state index contributed by atoms with van der Waals surface area (Å²) in [4.78, 5) is 11.7. The predicted octanol–water partition coefficient (Wildman–Crippen LogP) is 1.82. The van der Waals surface area contributed by atoms with Gasteiger partial charge in [0.1, 0.15) is 0 Å². The molecule has 0 saturated heterocycles. The molecule has 17 heavy (non-hydrogen) atoms. The van der Waals surface area contributed by atoms with Crippen LogP contribution in [0.1, 0.15) is 32.6 Å². The molecule has 1 aliphatic carbocycles. The molecule has 3 unspecified atom stereocenters. The van der Waals surface area contributed by atoms with Crippen molar-refractivity contribution in [3.05, 3.63) is 0 Å². The molecule has 0 aliphatic heterocycles. The monoisotopic (exact) mass is 252 g/mol. The summed E-state index contributed by atoms with van der Waals surface area (Å²) in [6.45, 7) is 1.67. The molecular weight excluding hydrogens is 233 g/mol. The Kier molecular flexibility index (Phi) is 4.80. The molecule has 1 amide bonds. The maximum atomic E-state index is 11.9. The number of amides is 1. The number of nitrogens with one attached hydrogen (secondary N) is 1. The van der Waals surface area contributed by atoms with E-state index < -0.39 is 12.6 Å². The van der Waals surface area contributed by atoms with Crippen LogP contribution in [0.25, 0.3) is 0 Å². The van der Waals surface area contributed by atoms with Gasteiger partial charge in [-0.25, -0.2) is 0 Å². The van der Waals surface area contributed by atoms with Crippen LogP contribution in [0, 0.1) is 11.8 Å². The number of rotatable bonds is 3. The molecule has 1 aliphatic rings. The first-order chi connectivity index (χ1) is 7.79. The van der Waals surface area contributed by atoms with Crippen molar-refractivity contribution in [2.24, 2.45) is 17.6 Å². The third kappa shape index (κ3) is 4.93. The lowest BCUT2D eigenvalue weighted by atomic mass is 9.79. The van der Waals surface area contributed by atoms with E-state index in [1.54, 1.807) is 0 Å². The number of halogens is 3. The van der Waals surface area contributed by atoms with Crippen LogP contribution >= 0.6 is 0 Å². The SMILES string of the molecule is CC1CCC(N)C(C(=O)NCCC(F)(F)F)C1. The van der Waals surface area contributed by atoms with Crippen molar-refractivity contribution in [2.75, 3.05) is 6.54 Å². The van der Waals surface area contributed by atoms with Crippen molar-refractivity contribution in [1.82, 2.24) is 5.32 Å². The van der Waals surface area contributed by atoms with Crippen LogP contribution in [0.2, 0.25) is 0 Å². The van der Waals surface area contributed by atoms with Crippen molar-refractivity contribution < 1.29 is 18.0 Å². The average molecular weight is 252 g/mol. The minimum atomic E-state index is -4.23. The molecule has 0 bridgehead atoms. The van der Waals surface area contributed by atoms with E-state index in [2.05, 4.69) is 5.32 Å². The quantitative estimate of drug-likeness (QED) is 0.805. The van der Waals surface area contributed by atoms with Crippen molar-refractivity contribution in [2.45, 2.75) is 44.8 Å². The molecular formula is C11H19F3N2O. The van der Waals surface area contributed by atoms with E-state index in [9.17, 15) is 18.0 Å². The minimum Gasteiger partial charge on any atom is -0.355 e. The van der Waals surface area contributed by atoms with Crippen molar-refractivity contribution >= 4 is 5.91 Å². The normalized spacial score (nSPS) is 30.1. The molecule has 1 rings (SSSR count). The summed E-state index contributed by atoms with van der Waals surface area (Å²) in [6.07, 6.45) is -2.81. The molecule has 0 spiro atoms. The van der Waals surface area contributed by atoms with Gasteiger partial charge in [0.05, 0.1) is 12.3 Å². The second kappa shape index (κ2) is 5.71. The van der Waals surface area contributed by atoms with E-state index >= 15 is 0 Å². The van der Waals surface area contributed by atoms with Gasteiger partial charge in [0.15, 0.2) is 0 Å². The molecule has 0 aromatic rings. The zero-order chi connectivity index (χ0) is 13.1. The van der Waals surface area contributed by atoms with Gasteiger partial charge in [-0.1, -0.05) is 6.92 Å². The standard InChI is InChI=1S/C11H19F3N2O/c1-7-2-3-9(15)8(6-7)10(17)16-5-4-11(12,13)14/h7-9H,2-6,15H2,1H3,(H,16,17). The Morgan fingerprint density at radius 1 is 1.41 bits per heavy atom. The summed E-state index contributed by atoms with van der Waals surface area (Å²) < 4.78 is 35.7. The van der Waals surface area contributed by atoms with Crippen LogP contribution in [-0.2, 0) is 4.79 Å². The summed E-state index contributed by atoms with van der Waals surface area (Å²) in [5.74, 6) is -0.270. The number of carbonyl (C=O) groups is 1. The molecule has 1 fully saturated rings. The molecule has 6 heteroatoms. The maximum Gasteiger partial charge on any atom is 0.390 e. The molecule has 0 aromatic carbocycles. The van der Waals surface area contributed by atoms with Crippen LogP contribution in [0.15, 0.2) is 0 Å². The lowest BCUT2D eigenvalue weighted by Gasteiger charge is -2.31. The van der Waals surface area contributed by atoms with Crippen LogP contribution < -0.4 is 11.1 Å². The molecule has 100 valence electrons. The highest BCUT2D eigenvalue weighted by Gasteiger charge is 2.32. The Labute approximate surface area is 98.9 Å². The first-order valence-corrected chi connectivity index (χ1v) is 5.89. The van der Waals surface area contributed by atoms with Crippen LogP contribution in [-0.4, -0.2) is 24.7 Å². The highest BCUT2D eigenvalue weighted by molar-refractivity contribution is 5.79. The van der Waals surface area contributed by atoms with Gasteiger partial charge < -0.3 is 11.1 Å². The fourth-order valence-electron chi connectivity index (χ4n) is 2.16. The van der Waals surface area contributed by atoms with Gasteiger partial charge in [-0.15, -0.1) is 0 Å². The first-order valence-electron chi connectivity index (χ1n) is 5.89. The fourth-order valence-corrected chi connectivity index (χ4v) is 2.16. The highest BCUT2D eigenvalue weighted by Crippen LogP contribution is 2.28. The third-order valence-corrected chi connectivity index (χ3v) is 3.21. The van der Waals surface area contributed by atoms with Crippen molar-refractivity contribution in [3.63, 3.8) is 0 Å². The molecule has 3 N–H and O–H groups in total. The van der Waals surface area contributed by atoms with Gasteiger partial charge in [-0.3, -0.25) is 4.79 Å². The Hall–Kier alpha value is -0.780. The number of hydrogen-bond donors (Lipinski definition) is 2. The minimum absolute atomic E-state index is 0.225. The molecule has 1 saturated carbocycles. The molecule has 0 aromatic heterocycles. The largest absolute Gasteiger partial charge is 0.390 e. The third-order valence-electron chi connectivity index (χ3n) is 3.21. The Bertz CT molecular complexity index is 268. The Morgan fingerprint density at radius 3 is 2.65 bits per heavy atom. The smallest absolute Gasteiger partial charge is 0.355 e. The fraction of sp³-hybridized carbons (Fsp3) is 0.909. The topological polar surface area (TPSA) is 55.1 Å². The van der Waals surface area contributed by atoms with Crippen LogP contribution in [0.3, 0.4) is 0 Å². The van der Waals surface area contributed by atoms with Gasteiger partial charge in [-0.2, -0.15) is 13.2 Å². The van der Waals surface area contributed by atoms with E-state index in [1.165, 1.54) is 0 Å². The second-order valence-corrected chi connectivity index (χ2v) is 4.84. The highest BCUT2D eigenvalue weighted by atomic mass is 19.4. The molecule has 3 atom stereocenters. The molecule has 0 radical (unpaired) electrons. The predicted molar refractivity (Wildman–Crippen MR) is 58.2 cm³/mol. The van der Waals surface area contributed by atoms with E-state index in [0.717, 1.165) is 12.8 Å². The zero-order valence-corrected chi connectivity index (χ0v) is 9.89. The molecule has 0 heterocycles. The van der Waals surface area contributed by atoms with Gasteiger partial charge in [0, 0.05) is 12.6 Å². The maximum absolute atomic E-state index is 11.9. The zero-order valence-electron chi connectivity index (χ0n) is 9.89.